The van der Waals surface area contributed by atoms with Gasteiger partial charge in [0, 0.05) is 45.9 Å². The van der Waals surface area contributed by atoms with Crippen LogP contribution in [0.3, 0.4) is 0 Å². The number of benzene rings is 1. The Morgan fingerprint density at radius 2 is 1.53 bits per heavy atom. The first-order valence-corrected chi connectivity index (χ1v) is 19.4. The van der Waals surface area contributed by atoms with Gasteiger partial charge in [-0.3, -0.25) is 9.69 Å². The second-order valence-corrected chi connectivity index (χ2v) is 16.5. The van der Waals surface area contributed by atoms with Gasteiger partial charge in [0.05, 0.1) is 19.3 Å². The first kappa shape index (κ1) is 43.8. The van der Waals surface area contributed by atoms with Gasteiger partial charge in [-0.15, -0.1) is 0 Å². The van der Waals surface area contributed by atoms with Crippen LogP contribution in [0.15, 0.2) is 18.2 Å². The molecule has 0 bridgehead atoms. The summed E-state index contributed by atoms with van der Waals surface area (Å²) in [5.41, 5.74) is -3.71. The quantitative estimate of drug-likeness (QED) is 0.131. The molecule has 3 fully saturated rings. The predicted molar refractivity (Wildman–Crippen MR) is 188 cm³/mol. The minimum Gasteiger partial charge on any atom is -0.494 e. The molecule has 0 radical (unpaired) electrons. The fourth-order valence-corrected chi connectivity index (χ4v) is 10.4. The smallest absolute Gasteiger partial charge is 0.435 e. The number of nitrogens with zero attached hydrogens (tertiary/aromatic N) is 3. The Kier molecular flexibility index (Phi) is 13.5. The van der Waals surface area contributed by atoms with E-state index >= 15 is 0 Å². The summed E-state index contributed by atoms with van der Waals surface area (Å²) >= 11 is 0. The zero-order chi connectivity index (χ0) is 40.6. The lowest BCUT2D eigenvalue weighted by Gasteiger charge is -2.52. The Hall–Kier alpha value is -2.30. The van der Waals surface area contributed by atoms with Crippen LogP contribution in [0.1, 0.15) is 88.2 Å². The van der Waals surface area contributed by atoms with Gasteiger partial charge in [0.15, 0.2) is 0 Å². The van der Waals surface area contributed by atoms with E-state index < -0.39 is 37.2 Å². The highest BCUT2D eigenvalue weighted by Gasteiger charge is 2.85. The molecule has 1 amide bonds. The van der Waals surface area contributed by atoms with E-state index in [4.69, 9.17) is 9.47 Å². The van der Waals surface area contributed by atoms with Crippen molar-refractivity contribution in [3.63, 3.8) is 0 Å². The number of ether oxygens (including phenoxy) is 3. The van der Waals surface area contributed by atoms with Gasteiger partial charge in [-0.05, 0) is 131 Å². The second kappa shape index (κ2) is 16.9. The molecule has 4 aliphatic carbocycles. The van der Waals surface area contributed by atoms with Gasteiger partial charge < -0.3 is 24.0 Å². The molecule has 7 atom stereocenters. The molecule has 4 unspecified atom stereocenters. The Bertz CT molecular complexity index is 1420. The molecular formula is C39H56F9N3O4. The van der Waals surface area contributed by atoms with E-state index in [-0.39, 0.29) is 30.5 Å². The van der Waals surface area contributed by atoms with Crippen LogP contribution in [-0.2, 0) is 20.7 Å². The van der Waals surface area contributed by atoms with Crippen molar-refractivity contribution in [1.29, 1.82) is 0 Å². The van der Waals surface area contributed by atoms with Gasteiger partial charge in [-0.25, -0.2) is 0 Å². The number of methoxy groups -OCH3 is 1. The number of alkyl halides is 9. The normalized spacial score (nSPS) is 28.7. The van der Waals surface area contributed by atoms with Crippen LogP contribution in [0.5, 0.6) is 5.75 Å². The summed E-state index contributed by atoms with van der Waals surface area (Å²) in [6.45, 7) is 1.95. The Morgan fingerprint density at radius 1 is 0.855 bits per heavy atom. The lowest BCUT2D eigenvalue weighted by atomic mass is 9.55. The van der Waals surface area contributed by atoms with Crippen molar-refractivity contribution in [3.8, 4) is 5.75 Å². The number of hydrogen-bond donors (Lipinski definition) is 0. The Morgan fingerprint density at radius 3 is 2.16 bits per heavy atom. The van der Waals surface area contributed by atoms with Crippen LogP contribution < -0.4 is 4.74 Å². The molecule has 0 N–H and O–H groups in total. The van der Waals surface area contributed by atoms with Crippen molar-refractivity contribution in [2.45, 2.75) is 126 Å². The molecule has 16 heteroatoms. The van der Waals surface area contributed by atoms with Gasteiger partial charge in [0.2, 0.25) is 5.91 Å². The third kappa shape index (κ3) is 8.91. The van der Waals surface area contributed by atoms with Gasteiger partial charge in [-0.2, -0.15) is 39.5 Å². The number of carbonyl (C=O) groups is 1. The van der Waals surface area contributed by atoms with Crippen LogP contribution in [0.25, 0.3) is 0 Å². The molecule has 0 aromatic heterocycles. The van der Waals surface area contributed by atoms with E-state index in [0.29, 0.717) is 36.5 Å². The lowest BCUT2D eigenvalue weighted by Crippen LogP contribution is -2.67. The van der Waals surface area contributed by atoms with Crippen LogP contribution in [0.2, 0.25) is 0 Å². The fourth-order valence-electron chi connectivity index (χ4n) is 10.4. The zero-order valence-electron chi connectivity index (χ0n) is 32.4. The van der Waals surface area contributed by atoms with Crippen LogP contribution >= 0.6 is 0 Å². The van der Waals surface area contributed by atoms with Crippen LogP contribution in [0, 0.1) is 17.3 Å². The number of halogens is 9. The summed E-state index contributed by atoms with van der Waals surface area (Å²) in [7, 11) is 7.11. The number of fused-ring (bicyclic) bond motifs is 5. The number of rotatable bonds is 15. The largest absolute Gasteiger partial charge is 0.494 e. The Labute approximate surface area is 318 Å². The van der Waals surface area contributed by atoms with E-state index in [1.807, 2.05) is 0 Å². The van der Waals surface area contributed by atoms with Gasteiger partial charge in [0.1, 0.15) is 5.75 Å². The summed E-state index contributed by atoms with van der Waals surface area (Å²) in [4.78, 5) is 18.9. The molecule has 7 nitrogen and oxygen atoms in total. The summed E-state index contributed by atoms with van der Waals surface area (Å²) in [6, 6.07) is 7.03. The average molecular weight is 802 g/mol. The van der Waals surface area contributed by atoms with Crippen LogP contribution in [0.4, 0.5) is 39.5 Å². The first-order chi connectivity index (χ1) is 25.6. The van der Waals surface area contributed by atoms with E-state index in [9.17, 15) is 44.3 Å². The van der Waals surface area contributed by atoms with Crippen molar-refractivity contribution in [2.24, 2.45) is 17.3 Å². The van der Waals surface area contributed by atoms with Crippen molar-refractivity contribution in [2.75, 3.05) is 61.1 Å². The number of aryl methyl sites for hydroxylation is 1. The van der Waals surface area contributed by atoms with Crippen molar-refractivity contribution >= 4 is 5.91 Å². The van der Waals surface area contributed by atoms with E-state index in [1.165, 1.54) is 23.1 Å². The van der Waals surface area contributed by atoms with E-state index in [0.717, 1.165) is 76.5 Å². The maximum atomic E-state index is 13.4. The number of carbonyl (C=O) groups excluding carboxylic acids is 1. The van der Waals surface area contributed by atoms with E-state index in [2.05, 4.69) is 41.8 Å². The number of hydrogen-bond acceptors (Lipinski definition) is 6. The maximum absolute atomic E-state index is 13.4. The molecule has 0 heterocycles. The minimum atomic E-state index is -6.77. The third-order valence-corrected chi connectivity index (χ3v) is 13.4. The van der Waals surface area contributed by atoms with Crippen molar-refractivity contribution in [3.05, 3.63) is 29.3 Å². The van der Waals surface area contributed by atoms with Crippen LogP contribution in [-0.4, -0.2) is 124 Å². The van der Waals surface area contributed by atoms with Crippen molar-refractivity contribution in [1.82, 2.24) is 14.7 Å². The summed E-state index contributed by atoms with van der Waals surface area (Å²) in [6.07, 6.45) is -10.6. The summed E-state index contributed by atoms with van der Waals surface area (Å²) in [5.74, 6) is 1.91. The highest BCUT2D eigenvalue weighted by atomic mass is 19.4. The molecule has 4 aliphatic rings. The molecule has 1 aromatic rings. The maximum Gasteiger partial charge on any atom is 0.435 e. The number of amides is 1. The molecule has 0 saturated heterocycles. The second-order valence-electron chi connectivity index (χ2n) is 16.5. The van der Waals surface area contributed by atoms with Gasteiger partial charge in [0.25, 0.3) is 0 Å². The monoisotopic (exact) mass is 801 g/mol. The topological polar surface area (TPSA) is 54.5 Å². The molecular weight excluding hydrogens is 745 g/mol. The van der Waals surface area contributed by atoms with E-state index in [1.54, 1.807) is 19.1 Å². The van der Waals surface area contributed by atoms with Gasteiger partial charge >= 0.3 is 24.1 Å². The zero-order valence-corrected chi connectivity index (χ0v) is 32.4. The molecule has 0 spiro atoms. The fraction of sp³-hybridized carbons (Fsp3) is 0.821. The molecule has 5 rings (SSSR count). The standard InChI is InChI=1S/C39H56F9N3O4/c1-35-17-16-30-29-13-11-28(54-20-7-19-50(3)26-9-10-27(23-26)53-5)22-25(29)8-12-31(30)32(35)14-15-33(35)51(4)34(52)24-49(2)18-6-21-55-36(37(40,41)42,38(43,44)45)39(46,47)48/h11,13,22,26-27,30-33H,6-10,12,14-21,23-24H2,1-5H3/t26?,27-,30?,31?,32?,33+,35+/m1/s1. The molecule has 55 heavy (non-hydrogen) atoms. The lowest BCUT2D eigenvalue weighted by molar-refractivity contribution is -0.457. The minimum absolute atomic E-state index is 0.0556. The van der Waals surface area contributed by atoms with Crippen molar-refractivity contribution < 1.29 is 58.5 Å². The number of likely N-dealkylation sites (N-methyl/N-ethyl adjacent to an activating group) is 2. The first-order valence-electron chi connectivity index (χ1n) is 19.4. The molecule has 314 valence electrons. The summed E-state index contributed by atoms with van der Waals surface area (Å²) < 4.78 is 134. The molecule has 3 saturated carbocycles. The third-order valence-electron chi connectivity index (χ3n) is 13.4. The highest BCUT2D eigenvalue weighted by Crippen LogP contribution is 2.62. The SMILES string of the molecule is CO[C@@H]1CCC(N(C)CCCOc2ccc3c(c2)CCC2C3CC[C@@]3(C)C2CC[C@@H]3N(C)C(=O)CN(C)CCCOC(C(F)(F)F)(C(F)(F)F)C(F)(F)F)C1. The summed E-state index contributed by atoms with van der Waals surface area (Å²) in [5, 5.41) is 0. The predicted octanol–water partition coefficient (Wildman–Crippen LogP) is 8.40. The molecule has 1 aromatic carbocycles. The highest BCUT2D eigenvalue weighted by molar-refractivity contribution is 5.78. The molecule has 0 aliphatic heterocycles. The Balaban J connectivity index is 1.10. The average Bonchev–Trinajstić information content (AvgIpc) is 3.72. The van der Waals surface area contributed by atoms with Gasteiger partial charge in [-0.1, -0.05) is 13.0 Å².